The first-order valence-electron chi connectivity index (χ1n) is 13.0. The smallest absolute Gasteiger partial charge is 0.455 e. The predicted molar refractivity (Wildman–Crippen MR) is 142 cm³/mol. The van der Waals surface area contributed by atoms with E-state index in [1.807, 2.05) is 19.1 Å². The van der Waals surface area contributed by atoms with E-state index in [-0.39, 0.29) is 36.4 Å². The van der Waals surface area contributed by atoms with E-state index in [0.29, 0.717) is 32.2 Å². The Morgan fingerprint density at radius 1 is 1.19 bits per heavy atom. The molecule has 3 N–H and O–H groups in total. The lowest BCUT2D eigenvalue weighted by Gasteiger charge is -2.43. The van der Waals surface area contributed by atoms with Crippen molar-refractivity contribution in [3.8, 4) is 5.75 Å². The molecular weight excluding hydrogens is 525 g/mol. The zero-order valence-corrected chi connectivity index (χ0v) is 22.5. The number of rotatable bonds is 9. The highest BCUT2D eigenvalue weighted by Gasteiger charge is 2.56. The molecule has 2 saturated heterocycles. The van der Waals surface area contributed by atoms with E-state index in [2.05, 4.69) is 22.9 Å². The Morgan fingerprint density at radius 3 is 2.67 bits per heavy atom. The van der Waals surface area contributed by atoms with Crippen molar-refractivity contribution in [1.29, 1.82) is 0 Å². The number of carbonyl (C=O) groups is 2. The van der Waals surface area contributed by atoms with Crippen LogP contribution in [0, 0.1) is 17.8 Å². The number of fused-ring (bicyclic) bond motifs is 3. The minimum absolute atomic E-state index is 0.156. The largest absolute Gasteiger partial charge is 0.507 e. The molecule has 1 aromatic rings. The SMILES string of the molecule is CCC/C(=C\c1cc(Br)ccc1O)CC[C@H]1OB(O)C[C@H]2C1=C(CO)C[C@H]1C(=O)N(CCC)C(=O)[C@H]12. The zero-order valence-electron chi connectivity index (χ0n) is 21.0. The van der Waals surface area contributed by atoms with Gasteiger partial charge in [0.1, 0.15) is 5.75 Å². The molecule has 0 aromatic heterocycles. The van der Waals surface area contributed by atoms with Crippen LogP contribution in [-0.4, -0.2) is 58.3 Å². The van der Waals surface area contributed by atoms with Crippen LogP contribution >= 0.6 is 15.9 Å². The number of phenols is 1. The zero-order chi connectivity index (χ0) is 26.0. The Hall–Kier alpha value is -1.94. The third-order valence-electron chi connectivity index (χ3n) is 7.69. The maximum atomic E-state index is 13.3. The first-order chi connectivity index (χ1) is 17.3. The van der Waals surface area contributed by atoms with Gasteiger partial charge in [-0.15, -0.1) is 0 Å². The van der Waals surface area contributed by atoms with Gasteiger partial charge in [-0.2, -0.15) is 0 Å². The van der Waals surface area contributed by atoms with Crippen LogP contribution in [-0.2, 0) is 14.2 Å². The third-order valence-corrected chi connectivity index (χ3v) is 8.18. The molecule has 4 rings (SSSR count). The van der Waals surface area contributed by atoms with Gasteiger partial charge >= 0.3 is 7.12 Å². The number of aliphatic hydroxyl groups is 1. The lowest BCUT2D eigenvalue weighted by molar-refractivity contribution is -0.140. The highest BCUT2D eigenvalue weighted by molar-refractivity contribution is 9.10. The molecule has 2 fully saturated rings. The molecule has 2 amide bonds. The van der Waals surface area contributed by atoms with Gasteiger partial charge in [0.2, 0.25) is 11.8 Å². The van der Waals surface area contributed by atoms with Gasteiger partial charge in [0.25, 0.3) is 0 Å². The second-order valence-corrected chi connectivity index (χ2v) is 11.0. The van der Waals surface area contributed by atoms with E-state index in [9.17, 15) is 24.8 Å². The van der Waals surface area contributed by atoms with Crippen molar-refractivity contribution in [1.82, 2.24) is 4.90 Å². The quantitative estimate of drug-likeness (QED) is 0.236. The van der Waals surface area contributed by atoms with Gasteiger partial charge < -0.3 is 19.9 Å². The molecule has 0 saturated carbocycles. The van der Waals surface area contributed by atoms with Gasteiger partial charge in [0.05, 0.1) is 24.5 Å². The van der Waals surface area contributed by atoms with Crippen molar-refractivity contribution in [2.75, 3.05) is 13.2 Å². The number of halogens is 1. The lowest BCUT2D eigenvalue weighted by Crippen LogP contribution is -2.46. The van der Waals surface area contributed by atoms with Crippen molar-refractivity contribution in [2.45, 2.75) is 64.8 Å². The minimum atomic E-state index is -1.03. The Labute approximate surface area is 221 Å². The first-order valence-corrected chi connectivity index (χ1v) is 13.8. The number of carbonyl (C=O) groups excluding carboxylic acids is 2. The fraction of sp³-hybridized carbons (Fsp3) is 0.556. The van der Waals surface area contributed by atoms with E-state index < -0.39 is 25.1 Å². The standard InChI is InChI=1S/C27H35BBrNO6/c1-3-5-16(11-17-12-19(29)7-8-22(17)32)6-9-23-24-18(15-31)13-20-25(21(24)14-28(35)36-23)27(34)30(10-4-2)26(20)33/h7-8,11-12,20-21,23,25,31-32,35H,3-6,9-10,13-15H2,1-2H3/b16-11+/t20-,21+,23-,25-/m1/s1. The molecule has 0 spiro atoms. The Balaban J connectivity index is 1.61. The summed E-state index contributed by atoms with van der Waals surface area (Å²) < 4.78 is 6.87. The molecule has 0 radical (unpaired) electrons. The van der Waals surface area contributed by atoms with Crippen LogP contribution in [0.2, 0.25) is 6.32 Å². The lowest BCUT2D eigenvalue weighted by atomic mass is 9.58. The second kappa shape index (κ2) is 11.6. The molecule has 7 nitrogen and oxygen atoms in total. The minimum Gasteiger partial charge on any atom is -0.507 e. The first kappa shape index (κ1) is 27.1. The number of benzene rings is 1. The van der Waals surface area contributed by atoms with Crippen molar-refractivity contribution in [2.24, 2.45) is 17.8 Å². The molecule has 2 aliphatic heterocycles. The van der Waals surface area contributed by atoms with Crippen LogP contribution in [0.1, 0.15) is 57.9 Å². The Bertz CT molecular complexity index is 1070. The topological polar surface area (TPSA) is 107 Å². The molecule has 36 heavy (non-hydrogen) atoms. The number of phenolic OH excluding ortho intramolecular Hbond substituents is 1. The number of nitrogens with zero attached hydrogens (tertiary/aromatic N) is 1. The van der Waals surface area contributed by atoms with E-state index in [1.54, 1.807) is 12.1 Å². The molecule has 9 heteroatoms. The van der Waals surface area contributed by atoms with E-state index in [4.69, 9.17) is 4.65 Å². The number of imide groups is 1. The van der Waals surface area contributed by atoms with E-state index >= 15 is 0 Å². The number of hydrogen-bond acceptors (Lipinski definition) is 6. The average molecular weight is 560 g/mol. The van der Waals surface area contributed by atoms with Gasteiger partial charge in [-0.05, 0) is 73.7 Å². The normalized spacial score (nSPS) is 26.5. The number of allylic oxidation sites excluding steroid dienone is 1. The summed E-state index contributed by atoms with van der Waals surface area (Å²) in [7, 11) is -1.03. The molecule has 2 heterocycles. The fourth-order valence-corrected chi connectivity index (χ4v) is 6.57. The van der Waals surface area contributed by atoms with Gasteiger partial charge in [-0.3, -0.25) is 14.5 Å². The summed E-state index contributed by atoms with van der Waals surface area (Å²) in [5.74, 6) is -1.39. The molecule has 4 atom stereocenters. The monoisotopic (exact) mass is 559 g/mol. The molecule has 1 aliphatic carbocycles. The molecule has 3 aliphatic rings. The van der Waals surface area contributed by atoms with Crippen LogP contribution in [0.15, 0.2) is 39.4 Å². The number of likely N-dealkylation sites (tertiary alicyclic amines) is 1. The van der Waals surface area contributed by atoms with Crippen LogP contribution in [0.5, 0.6) is 5.75 Å². The van der Waals surface area contributed by atoms with Crippen molar-refractivity contribution < 1.29 is 29.5 Å². The van der Waals surface area contributed by atoms with E-state index in [0.717, 1.165) is 39.6 Å². The summed E-state index contributed by atoms with van der Waals surface area (Å²) in [4.78, 5) is 27.7. The predicted octanol–water partition coefficient (Wildman–Crippen LogP) is 4.32. The number of amides is 2. The van der Waals surface area contributed by atoms with E-state index in [1.165, 1.54) is 4.90 Å². The summed E-state index contributed by atoms with van der Waals surface area (Å²) in [5, 5.41) is 31.2. The molecule has 0 unspecified atom stereocenters. The van der Waals surface area contributed by atoms with Gasteiger partial charge in [0, 0.05) is 16.6 Å². The highest BCUT2D eigenvalue weighted by Crippen LogP contribution is 2.50. The summed E-state index contributed by atoms with van der Waals surface area (Å²) in [6, 6.07) is 5.32. The average Bonchev–Trinajstić information content (AvgIpc) is 3.09. The van der Waals surface area contributed by atoms with Gasteiger partial charge in [-0.25, -0.2) is 0 Å². The van der Waals surface area contributed by atoms with Crippen LogP contribution in [0.3, 0.4) is 0 Å². The molecule has 1 aromatic carbocycles. The summed E-state index contributed by atoms with van der Waals surface area (Å²) in [5.41, 5.74) is 3.54. The maximum absolute atomic E-state index is 13.3. The third kappa shape index (κ3) is 5.35. The summed E-state index contributed by atoms with van der Waals surface area (Å²) in [6.07, 6.45) is 5.90. The number of hydrogen-bond donors (Lipinski definition) is 3. The maximum Gasteiger partial charge on any atom is 0.455 e. The van der Waals surface area contributed by atoms with Crippen LogP contribution in [0.25, 0.3) is 6.08 Å². The number of aliphatic hydroxyl groups excluding tert-OH is 1. The molecule has 194 valence electrons. The Morgan fingerprint density at radius 2 is 1.97 bits per heavy atom. The fourth-order valence-electron chi connectivity index (χ4n) is 6.19. The number of aromatic hydroxyl groups is 1. The van der Waals surface area contributed by atoms with Crippen LogP contribution in [0.4, 0.5) is 0 Å². The van der Waals surface area contributed by atoms with Crippen molar-refractivity contribution in [3.05, 3.63) is 45.0 Å². The van der Waals surface area contributed by atoms with Gasteiger partial charge in [0.15, 0.2) is 0 Å². The van der Waals surface area contributed by atoms with Crippen molar-refractivity contribution >= 4 is 40.9 Å². The van der Waals surface area contributed by atoms with Gasteiger partial charge in [-0.1, -0.05) is 47.8 Å². The molecular formula is C27H35BBrNO6. The molecule has 0 bridgehead atoms. The second-order valence-electron chi connectivity index (χ2n) is 10.1. The highest BCUT2D eigenvalue weighted by atomic mass is 79.9. The Kier molecular flexibility index (Phi) is 8.76. The summed E-state index contributed by atoms with van der Waals surface area (Å²) in [6.45, 7) is 4.25. The van der Waals surface area contributed by atoms with Crippen LogP contribution < -0.4 is 0 Å². The summed E-state index contributed by atoms with van der Waals surface area (Å²) >= 11 is 3.46. The van der Waals surface area contributed by atoms with Crippen molar-refractivity contribution in [3.63, 3.8) is 0 Å².